The molecule has 0 spiro atoms. The molecule has 114 valence electrons. The average molecular weight is 315 g/mol. The fourth-order valence-corrected chi connectivity index (χ4v) is 1.98. The highest BCUT2D eigenvalue weighted by molar-refractivity contribution is 6.31. The Hall–Kier alpha value is -2.15. The molecule has 8 heteroatoms. The van der Waals surface area contributed by atoms with Crippen LogP contribution in [0.3, 0.4) is 0 Å². The van der Waals surface area contributed by atoms with Gasteiger partial charge in [-0.15, -0.1) is 0 Å². The Morgan fingerprint density at radius 1 is 1.48 bits per heavy atom. The lowest BCUT2D eigenvalue weighted by Gasteiger charge is -2.20. The standard InChI is InChI=1S/C13H15ClN2O5/c1-8(13(18)21-3)7-15(2)12(17)10-5-4-9(14)6-11(10)16(19)20/h4-6,8H,7H2,1-3H3. The van der Waals surface area contributed by atoms with Gasteiger partial charge < -0.3 is 9.64 Å². The molecule has 7 nitrogen and oxygen atoms in total. The van der Waals surface area contributed by atoms with Crippen LogP contribution in [-0.2, 0) is 9.53 Å². The van der Waals surface area contributed by atoms with Gasteiger partial charge in [0.15, 0.2) is 0 Å². The predicted molar refractivity (Wildman–Crippen MR) is 76.2 cm³/mol. The predicted octanol–water partition coefficient (Wildman–Crippen LogP) is 2.13. The summed E-state index contributed by atoms with van der Waals surface area (Å²) in [4.78, 5) is 35.1. The van der Waals surface area contributed by atoms with Crippen molar-refractivity contribution in [2.24, 2.45) is 5.92 Å². The molecular formula is C13H15ClN2O5. The lowest BCUT2D eigenvalue weighted by Crippen LogP contribution is -2.34. The molecule has 1 aromatic carbocycles. The highest BCUT2D eigenvalue weighted by atomic mass is 35.5. The molecule has 0 saturated heterocycles. The van der Waals surface area contributed by atoms with Gasteiger partial charge in [0.2, 0.25) is 0 Å². The van der Waals surface area contributed by atoms with Crippen molar-refractivity contribution in [2.45, 2.75) is 6.92 Å². The maximum atomic E-state index is 12.3. The van der Waals surface area contributed by atoms with Gasteiger partial charge in [0, 0.05) is 24.7 Å². The van der Waals surface area contributed by atoms with Gasteiger partial charge in [0.05, 0.1) is 18.0 Å². The maximum Gasteiger partial charge on any atom is 0.310 e. The van der Waals surface area contributed by atoms with E-state index in [0.29, 0.717) is 0 Å². The molecule has 0 aromatic heterocycles. The number of nitrogens with zero attached hydrogens (tertiary/aromatic N) is 2. The molecule has 1 rings (SSSR count). The van der Waals surface area contributed by atoms with Crippen LogP contribution in [0.5, 0.6) is 0 Å². The monoisotopic (exact) mass is 314 g/mol. The second-order valence-electron chi connectivity index (χ2n) is 4.53. The number of benzene rings is 1. The van der Waals surface area contributed by atoms with Crippen molar-refractivity contribution in [2.75, 3.05) is 20.7 Å². The van der Waals surface area contributed by atoms with Gasteiger partial charge >= 0.3 is 5.97 Å². The summed E-state index contributed by atoms with van der Waals surface area (Å²) in [6.07, 6.45) is 0. The van der Waals surface area contributed by atoms with Crippen molar-refractivity contribution in [1.82, 2.24) is 4.90 Å². The molecule has 0 aliphatic heterocycles. The molecule has 0 radical (unpaired) electrons. The Labute approximate surface area is 126 Å². The highest BCUT2D eigenvalue weighted by Gasteiger charge is 2.25. The zero-order valence-corrected chi connectivity index (χ0v) is 12.6. The van der Waals surface area contributed by atoms with Crippen LogP contribution in [-0.4, -0.2) is 42.4 Å². The Bertz CT molecular complexity index is 576. The molecule has 0 fully saturated rings. The van der Waals surface area contributed by atoms with Gasteiger partial charge in [-0.3, -0.25) is 19.7 Å². The van der Waals surface area contributed by atoms with Crippen LogP contribution in [0.4, 0.5) is 5.69 Å². The molecule has 21 heavy (non-hydrogen) atoms. The van der Waals surface area contributed by atoms with E-state index in [-0.39, 0.29) is 22.8 Å². The third-order valence-electron chi connectivity index (χ3n) is 2.88. The Morgan fingerprint density at radius 2 is 2.10 bits per heavy atom. The fraction of sp³-hybridized carbons (Fsp3) is 0.385. The summed E-state index contributed by atoms with van der Waals surface area (Å²) < 4.78 is 4.57. The Morgan fingerprint density at radius 3 is 2.62 bits per heavy atom. The summed E-state index contributed by atoms with van der Waals surface area (Å²) in [5.74, 6) is -1.55. The van der Waals surface area contributed by atoms with Crippen LogP contribution in [0.1, 0.15) is 17.3 Å². The number of rotatable bonds is 5. The van der Waals surface area contributed by atoms with Crippen molar-refractivity contribution < 1.29 is 19.2 Å². The lowest BCUT2D eigenvalue weighted by molar-refractivity contribution is -0.385. The summed E-state index contributed by atoms with van der Waals surface area (Å²) in [6.45, 7) is 1.69. The number of halogens is 1. The summed E-state index contributed by atoms with van der Waals surface area (Å²) in [5, 5.41) is 11.2. The number of hydrogen-bond acceptors (Lipinski definition) is 5. The maximum absolute atomic E-state index is 12.3. The number of hydrogen-bond donors (Lipinski definition) is 0. The topological polar surface area (TPSA) is 89.8 Å². The minimum atomic E-state index is -0.670. The summed E-state index contributed by atoms with van der Waals surface area (Å²) in [7, 11) is 2.71. The van der Waals surface area contributed by atoms with Crippen molar-refractivity contribution in [3.8, 4) is 0 Å². The largest absolute Gasteiger partial charge is 0.469 e. The smallest absolute Gasteiger partial charge is 0.310 e. The normalized spacial score (nSPS) is 11.6. The van der Waals surface area contributed by atoms with Gasteiger partial charge in [-0.2, -0.15) is 0 Å². The number of carbonyl (C=O) groups is 2. The SMILES string of the molecule is COC(=O)C(C)CN(C)C(=O)c1ccc(Cl)cc1[N+](=O)[O-]. The van der Waals surface area contributed by atoms with E-state index < -0.39 is 22.7 Å². The van der Waals surface area contributed by atoms with Gasteiger partial charge in [-0.05, 0) is 12.1 Å². The lowest BCUT2D eigenvalue weighted by atomic mass is 10.1. The zero-order chi connectivity index (χ0) is 16.2. The average Bonchev–Trinajstić information content (AvgIpc) is 2.45. The number of methoxy groups -OCH3 is 1. The fourth-order valence-electron chi connectivity index (χ4n) is 1.81. The van der Waals surface area contributed by atoms with Crippen LogP contribution in [0.25, 0.3) is 0 Å². The minimum Gasteiger partial charge on any atom is -0.469 e. The van der Waals surface area contributed by atoms with Crippen molar-refractivity contribution >= 4 is 29.2 Å². The number of ether oxygens (including phenoxy) is 1. The van der Waals surface area contributed by atoms with Crippen molar-refractivity contribution in [3.63, 3.8) is 0 Å². The van der Waals surface area contributed by atoms with E-state index in [1.165, 1.54) is 31.2 Å². The van der Waals surface area contributed by atoms with Crippen molar-refractivity contribution in [3.05, 3.63) is 38.9 Å². The summed E-state index contributed by atoms with van der Waals surface area (Å²) >= 11 is 5.70. The highest BCUT2D eigenvalue weighted by Crippen LogP contribution is 2.24. The molecule has 1 atom stereocenters. The van der Waals surface area contributed by atoms with Gasteiger partial charge in [0.1, 0.15) is 5.56 Å². The first-order valence-electron chi connectivity index (χ1n) is 6.05. The van der Waals surface area contributed by atoms with E-state index in [4.69, 9.17) is 11.6 Å². The quantitative estimate of drug-likeness (QED) is 0.472. The van der Waals surface area contributed by atoms with Crippen LogP contribution in [0, 0.1) is 16.0 Å². The molecule has 1 unspecified atom stereocenters. The molecule has 0 N–H and O–H groups in total. The molecular weight excluding hydrogens is 300 g/mol. The number of nitro groups is 1. The molecule has 0 heterocycles. The third kappa shape index (κ3) is 4.16. The van der Waals surface area contributed by atoms with E-state index in [0.717, 1.165) is 6.07 Å². The Balaban J connectivity index is 2.98. The second-order valence-corrected chi connectivity index (χ2v) is 4.96. The molecule has 0 aliphatic rings. The van der Waals surface area contributed by atoms with Crippen LogP contribution >= 0.6 is 11.6 Å². The first kappa shape index (κ1) is 16.9. The minimum absolute atomic E-state index is 0.0797. The van der Waals surface area contributed by atoms with Crippen LogP contribution in [0.15, 0.2) is 18.2 Å². The van der Waals surface area contributed by atoms with E-state index in [2.05, 4.69) is 4.74 Å². The number of amides is 1. The first-order valence-corrected chi connectivity index (χ1v) is 6.43. The summed E-state index contributed by atoms with van der Waals surface area (Å²) in [5.41, 5.74) is -0.450. The Kier molecular flexibility index (Phi) is 5.66. The summed E-state index contributed by atoms with van der Waals surface area (Å²) in [6, 6.07) is 3.81. The van der Waals surface area contributed by atoms with E-state index in [1.54, 1.807) is 6.92 Å². The van der Waals surface area contributed by atoms with Gasteiger partial charge in [0.25, 0.3) is 11.6 Å². The zero-order valence-electron chi connectivity index (χ0n) is 11.8. The molecule has 1 amide bonds. The van der Waals surface area contributed by atoms with E-state index in [9.17, 15) is 19.7 Å². The van der Waals surface area contributed by atoms with Crippen LogP contribution < -0.4 is 0 Å². The van der Waals surface area contributed by atoms with E-state index in [1.807, 2.05) is 0 Å². The van der Waals surface area contributed by atoms with Gasteiger partial charge in [-0.1, -0.05) is 18.5 Å². The molecule has 0 saturated carbocycles. The second kappa shape index (κ2) is 7.03. The molecule has 1 aromatic rings. The third-order valence-corrected chi connectivity index (χ3v) is 3.12. The van der Waals surface area contributed by atoms with Crippen LogP contribution in [0.2, 0.25) is 5.02 Å². The number of nitro benzene ring substituents is 1. The first-order chi connectivity index (χ1) is 9.77. The van der Waals surface area contributed by atoms with E-state index >= 15 is 0 Å². The van der Waals surface area contributed by atoms with Crippen molar-refractivity contribution in [1.29, 1.82) is 0 Å². The van der Waals surface area contributed by atoms with Gasteiger partial charge in [-0.25, -0.2) is 0 Å². The molecule has 0 bridgehead atoms. The molecule has 0 aliphatic carbocycles. The number of esters is 1. The number of carbonyl (C=O) groups excluding carboxylic acids is 2.